The number of benzene rings is 1. The van der Waals surface area contributed by atoms with Crippen LogP contribution in [-0.4, -0.2) is 42.1 Å². The molecule has 1 aliphatic carbocycles. The molecule has 1 heterocycles. The zero-order valence-corrected chi connectivity index (χ0v) is 12.2. The molecule has 1 N–H and O–H groups in total. The van der Waals surface area contributed by atoms with Crippen LogP contribution in [0.5, 0.6) is 5.75 Å². The van der Waals surface area contributed by atoms with E-state index < -0.39 is 0 Å². The summed E-state index contributed by atoms with van der Waals surface area (Å²) in [5.41, 5.74) is 0.954. The van der Waals surface area contributed by atoms with Crippen molar-refractivity contribution < 1.29 is 9.66 Å². The highest BCUT2D eigenvalue weighted by molar-refractivity contribution is 5.43. The normalized spacial score (nSPS) is 22.4. The van der Waals surface area contributed by atoms with Gasteiger partial charge >= 0.3 is 0 Å². The Labute approximate surface area is 124 Å². The maximum absolute atomic E-state index is 10.9. The minimum Gasteiger partial charge on any atom is -0.496 e. The number of nitro groups is 1. The van der Waals surface area contributed by atoms with Crippen LogP contribution in [0.3, 0.4) is 0 Å². The van der Waals surface area contributed by atoms with E-state index in [1.54, 1.807) is 19.2 Å². The molecular weight excluding hydrogens is 270 g/mol. The Balaban J connectivity index is 1.61. The van der Waals surface area contributed by atoms with Gasteiger partial charge in [0.2, 0.25) is 0 Å². The number of hydrogen-bond donors (Lipinski definition) is 1. The third kappa shape index (κ3) is 3.33. The van der Waals surface area contributed by atoms with E-state index in [0.29, 0.717) is 18.3 Å². The van der Waals surface area contributed by atoms with Crippen molar-refractivity contribution in [1.29, 1.82) is 0 Å². The molecule has 1 aromatic carbocycles. The van der Waals surface area contributed by atoms with Crippen molar-refractivity contribution in [2.24, 2.45) is 0 Å². The van der Waals surface area contributed by atoms with E-state index in [1.807, 2.05) is 0 Å². The molecule has 1 unspecified atom stereocenters. The number of non-ortho nitro benzene ring substituents is 1. The highest BCUT2D eigenvalue weighted by Gasteiger charge is 2.34. The Morgan fingerprint density at radius 2 is 2.24 bits per heavy atom. The Morgan fingerprint density at radius 1 is 1.43 bits per heavy atom. The average Bonchev–Trinajstić information content (AvgIpc) is 3.23. The number of ether oxygens (including phenoxy) is 1. The molecule has 114 valence electrons. The fraction of sp³-hybridized carbons (Fsp3) is 0.600. The van der Waals surface area contributed by atoms with E-state index in [9.17, 15) is 10.1 Å². The lowest BCUT2D eigenvalue weighted by molar-refractivity contribution is -0.384. The number of hydrogen-bond acceptors (Lipinski definition) is 5. The van der Waals surface area contributed by atoms with Crippen LogP contribution in [0.1, 0.15) is 24.8 Å². The van der Waals surface area contributed by atoms with Crippen LogP contribution < -0.4 is 10.1 Å². The van der Waals surface area contributed by atoms with E-state index in [2.05, 4.69) is 10.2 Å². The number of likely N-dealkylation sites (tertiary alicyclic amines) is 1. The molecule has 0 radical (unpaired) electrons. The quantitative estimate of drug-likeness (QED) is 0.641. The van der Waals surface area contributed by atoms with Gasteiger partial charge in [0, 0.05) is 49.4 Å². The van der Waals surface area contributed by atoms with Crippen LogP contribution in [0.15, 0.2) is 18.2 Å². The van der Waals surface area contributed by atoms with Crippen molar-refractivity contribution in [3.8, 4) is 5.75 Å². The molecule has 6 nitrogen and oxygen atoms in total. The fourth-order valence-corrected chi connectivity index (χ4v) is 3.00. The molecular formula is C15H21N3O3. The van der Waals surface area contributed by atoms with E-state index in [-0.39, 0.29) is 10.6 Å². The van der Waals surface area contributed by atoms with Crippen molar-refractivity contribution in [1.82, 2.24) is 10.2 Å². The molecule has 0 amide bonds. The third-order valence-corrected chi connectivity index (χ3v) is 4.34. The van der Waals surface area contributed by atoms with Gasteiger partial charge in [-0.1, -0.05) is 0 Å². The molecule has 2 fully saturated rings. The van der Waals surface area contributed by atoms with Gasteiger partial charge in [-0.15, -0.1) is 0 Å². The lowest BCUT2D eigenvalue weighted by Gasteiger charge is -2.16. The molecule has 1 saturated heterocycles. The Bertz CT molecular complexity index is 531. The molecule has 1 atom stereocenters. The maximum Gasteiger partial charge on any atom is 0.270 e. The standard InChI is InChI=1S/C15H21N3O3/c1-21-15-5-4-14(18(19)20)8-11(15)9-16-12-6-7-17(10-12)13-2-3-13/h4-5,8,12-13,16H,2-3,6-7,9-10H2,1H3. The first-order valence-corrected chi connectivity index (χ1v) is 7.46. The first kappa shape index (κ1) is 14.3. The van der Waals surface area contributed by atoms with E-state index in [1.165, 1.54) is 18.9 Å². The van der Waals surface area contributed by atoms with Gasteiger partial charge in [-0.2, -0.15) is 0 Å². The van der Waals surface area contributed by atoms with Crippen LogP contribution in [0, 0.1) is 10.1 Å². The predicted molar refractivity (Wildman–Crippen MR) is 79.5 cm³/mol. The van der Waals surface area contributed by atoms with Crippen molar-refractivity contribution in [3.05, 3.63) is 33.9 Å². The number of nitrogens with one attached hydrogen (secondary N) is 1. The number of nitrogens with zero attached hydrogens (tertiary/aromatic N) is 2. The second-order valence-electron chi connectivity index (χ2n) is 5.85. The minimum absolute atomic E-state index is 0.110. The first-order chi connectivity index (χ1) is 10.2. The maximum atomic E-state index is 10.9. The van der Waals surface area contributed by atoms with Crippen LogP contribution >= 0.6 is 0 Å². The number of rotatable bonds is 6. The van der Waals surface area contributed by atoms with Gasteiger partial charge in [0.15, 0.2) is 0 Å². The molecule has 3 rings (SSSR count). The molecule has 2 aliphatic rings. The van der Waals surface area contributed by atoms with Gasteiger partial charge in [0.05, 0.1) is 12.0 Å². The average molecular weight is 291 g/mol. The number of nitro benzene ring substituents is 1. The lowest BCUT2D eigenvalue weighted by atomic mass is 10.1. The van der Waals surface area contributed by atoms with Crippen molar-refractivity contribution in [2.75, 3.05) is 20.2 Å². The molecule has 1 aromatic rings. The summed E-state index contributed by atoms with van der Waals surface area (Å²) in [6.07, 6.45) is 3.82. The summed E-state index contributed by atoms with van der Waals surface area (Å²) in [5, 5.41) is 14.4. The molecule has 1 aliphatic heterocycles. The summed E-state index contributed by atoms with van der Waals surface area (Å²) in [6, 6.07) is 6.02. The van der Waals surface area contributed by atoms with E-state index >= 15 is 0 Å². The Kier molecular flexibility index (Phi) is 4.07. The van der Waals surface area contributed by atoms with Crippen molar-refractivity contribution in [2.45, 2.75) is 37.9 Å². The summed E-state index contributed by atoms with van der Waals surface area (Å²) in [6.45, 7) is 2.85. The first-order valence-electron chi connectivity index (χ1n) is 7.46. The summed E-state index contributed by atoms with van der Waals surface area (Å²) in [4.78, 5) is 13.1. The van der Waals surface area contributed by atoms with Gasteiger partial charge in [-0.3, -0.25) is 15.0 Å². The summed E-state index contributed by atoms with van der Waals surface area (Å²) >= 11 is 0. The molecule has 0 spiro atoms. The van der Waals surface area contributed by atoms with Crippen molar-refractivity contribution in [3.63, 3.8) is 0 Å². The smallest absolute Gasteiger partial charge is 0.270 e. The van der Waals surface area contributed by atoms with Crippen molar-refractivity contribution >= 4 is 5.69 Å². The third-order valence-electron chi connectivity index (χ3n) is 4.34. The van der Waals surface area contributed by atoms with E-state index in [4.69, 9.17) is 4.74 Å². The van der Waals surface area contributed by atoms with Gasteiger partial charge in [-0.05, 0) is 25.3 Å². The fourth-order valence-electron chi connectivity index (χ4n) is 3.00. The predicted octanol–water partition coefficient (Wildman–Crippen LogP) is 1.93. The molecule has 6 heteroatoms. The second kappa shape index (κ2) is 5.99. The Morgan fingerprint density at radius 3 is 2.90 bits per heavy atom. The largest absolute Gasteiger partial charge is 0.496 e. The second-order valence-corrected chi connectivity index (χ2v) is 5.85. The zero-order chi connectivity index (χ0) is 14.8. The lowest BCUT2D eigenvalue weighted by Crippen LogP contribution is -2.33. The van der Waals surface area contributed by atoms with Crippen LogP contribution in [0.2, 0.25) is 0 Å². The highest BCUT2D eigenvalue weighted by Crippen LogP contribution is 2.30. The molecule has 0 aromatic heterocycles. The molecule has 1 saturated carbocycles. The van der Waals surface area contributed by atoms with Gasteiger partial charge in [0.25, 0.3) is 5.69 Å². The van der Waals surface area contributed by atoms with E-state index in [0.717, 1.165) is 31.1 Å². The minimum atomic E-state index is -0.368. The van der Waals surface area contributed by atoms with Gasteiger partial charge in [0.1, 0.15) is 5.75 Å². The zero-order valence-electron chi connectivity index (χ0n) is 12.2. The van der Waals surface area contributed by atoms with Crippen LogP contribution in [-0.2, 0) is 6.54 Å². The van der Waals surface area contributed by atoms with Crippen LogP contribution in [0.4, 0.5) is 5.69 Å². The Hall–Kier alpha value is -1.66. The highest BCUT2D eigenvalue weighted by atomic mass is 16.6. The topological polar surface area (TPSA) is 67.6 Å². The molecule has 0 bridgehead atoms. The van der Waals surface area contributed by atoms with Crippen LogP contribution in [0.25, 0.3) is 0 Å². The SMILES string of the molecule is COc1ccc([N+](=O)[O-])cc1CNC1CCN(C2CC2)C1. The number of methoxy groups -OCH3 is 1. The molecule has 21 heavy (non-hydrogen) atoms. The summed E-state index contributed by atoms with van der Waals surface area (Å²) < 4.78 is 5.29. The summed E-state index contributed by atoms with van der Waals surface area (Å²) in [5.74, 6) is 0.699. The van der Waals surface area contributed by atoms with Gasteiger partial charge in [-0.25, -0.2) is 0 Å². The van der Waals surface area contributed by atoms with Gasteiger partial charge < -0.3 is 10.1 Å². The monoisotopic (exact) mass is 291 g/mol. The summed E-state index contributed by atoms with van der Waals surface area (Å²) in [7, 11) is 1.59.